The van der Waals surface area contributed by atoms with Crippen LogP contribution in [0.15, 0.2) is 48.7 Å². The van der Waals surface area contributed by atoms with Crippen molar-refractivity contribution in [3.8, 4) is 0 Å². The van der Waals surface area contributed by atoms with Crippen molar-refractivity contribution in [3.63, 3.8) is 0 Å². The van der Waals surface area contributed by atoms with Crippen LogP contribution in [-0.4, -0.2) is 15.9 Å². The predicted octanol–water partition coefficient (Wildman–Crippen LogP) is 5.40. The first-order valence-electron chi connectivity index (χ1n) is 7.86. The number of carbonyl (C=O) groups excluding carboxylic acids is 1. The topological polar surface area (TPSA) is 66.9 Å². The van der Waals surface area contributed by atoms with Gasteiger partial charge in [0.05, 0.1) is 0 Å². The fraction of sp³-hybridized carbons (Fsp3) is 0.105. The van der Waals surface area contributed by atoms with E-state index in [0.717, 1.165) is 16.8 Å². The summed E-state index contributed by atoms with van der Waals surface area (Å²) in [5.74, 6) is -0.0143. The van der Waals surface area contributed by atoms with Crippen LogP contribution in [0.2, 0.25) is 10.0 Å². The van der Waals surface area contributed by atoms with Crippen molar-refractivity contribution in [2.24, 2.45) is 0 Å². The molecule has 26 heavy (non-hydrogen) atoms. The fourth-order valence-corrected chi connectivity index (χ4v) is 2.75. The third-order valence-electron chi connectivity index (χ3n) is 3.77. The number of aromatic nitrogens is 2. The van der Waals surface area contributed by atoms with Gasteiger partial charge in [-0.1, -0.05) is 29.3 Å². The van der Waals surface area contributed by atoms with E-state index < -0.39 is 0 Å². The highest BCUT2D eigenvalue weighted by Crippen LogP contribution is 2.23. The zero-order valence-corrected chi connectivity index (χ0v) is 15.7. The number of amides is 1. The zero-order valence-electron chi connectivity index (χ0n) is 14.2. The summed E-state index contributed by atoms with van der Waals surface area (Å²) < 4.78 is 0. The van der Waals surface area contributed by atoms with Crippen molar-refractivity contribution in [1.29, 1.82) is 0 Å². The largest absolute Gasteiger partial charge is 0.324 e. The highest BCUT2D eigenvalue weighted by molar-refractivity contribution is 6.31. The summed E-state index contributed by atoms with van der Waals surface area (Å²) in [6, 6.07) is 12.3. The number of hydrogen-bond acceptors (Lipinski definition) is 4. The molecule has 0 atom stereocenters. The molecule has 1 aromatic heterocycles. The molecule has 0 saturated carbocycles. The van der Waals surface area contributed by atoms with E-state index in [0.29, 0.717) is 21.7 Å². The first-order chi connectivity index (χ1) is 12.4. The quantitative estimate of drug-likeness (QED) is 0.629. The number of carbonyl (C=O) groups is 1. The standard InChI is InChI=1S/C19H16Cl2N4O/c1-11-3-4-14(21)10-17(11)23-18(26)16-7-8-22-19(25-16)24-15-6-5-13(20)9-12(15)2/h3-10H,1-2H3,(H,23,26)(H,22,24,25). The summed E-state index contributed by atoms with van der Waals surface area (Å²) in [4.78, 5) is 20.9. The Bertz CT molecular complexity index is 976. The highest BCUT2D eigenvalue weighted by Gasteiger charge is 2.11. The van der Waals surface area contributed by atoms with Crippen LogP contribution in [-0.2, 0) is 0 Å². The van der Waals surface area contributed by atoms with Crippen LogP contribution >= 0.6 is 23.2 Å². The molecule has 0 spiro atoms. The smallest absolute Gasteiger partial charge is 0.274 e. The Kier molecular flexibility index (Phi) is 5.40. The summed E-state index contributed by atoms with van der Waals surface area (Å²) in [6.45, 7) is 3.81. The predicted molar refractivity (Wildman–Crippen MR) is 106 cm³/mol. The molecule has 0 aliphatic rings. The van der Waals surface area contributed by atoms with E-state index in [1.165, 1.54) is 6.20 Å². The Morgan fingerprint density at radius 2 is 1.65 bits per heavy atom. The van der Waals surface area contributed by atoms with E-state index in [4.69, 9.17) is 23.2 Å². The summed E-state index contributed by atoms with van der Waals surface area (Å²) >= 11 is 12.0. The second-order valence-corrected chi connectivity index (χ2v) is 6.64. The van der Waals surface area contributed by atoms with Crippen LogP contribution in [0.5, 0.6) is 0 Å². The maximum Gasteiger partial charge on any atom is 0.274 e. The fourth-order valence-electron chi connectivity index (χ4n) is 2.35. The number of benzene rings is 2. The Hall–Kier alpha value is -2.63. The lowest BCUT2D eigenvalue weighted by Crippen LogP contribution is -2.15. The molecule has 132 valence electrons. The molecule has 0 saturated heterocycles. The molecule has 0 bridgehead atoms. The number of hydrogen-bond donors (Lipinski definition) is 2. The lowest BCUT2D eigenvalue weighted by Gasteiger charge is -2.11. The van der Waals surface area contributed by atoms with Gasteiger partial charge >= 0.3 is 0 Å². The average Bonchev–Trinajstić information content (AvgIpc) is 2.61. The zero-order chi connectivity index (χ0) is 18.7. The van der Waals surface area contributed by atoms with Crippen molar-refractivity contribution in [3.05, 3.63) is 75.5 Å². The van der Waals surface area contributed by atoms with Gasteiger partial charge in [-0.3, -0.25) is 4.79 Å². The van der Waals surface area contributed by atoms with Crippen LogP contribution in [0.3, 0.4) is 0 Å². The maximum atomic E-state index is 12.5. The minimum Gasteiger partial charge on any atom is -0.324 e. The first kappa shape index (κ1) is 18.2. The average molecular weight is 387 g/mol. The number of rotatable bonds is 4. The summed E-state index contributed by atoms with van der Waals surface area (Å²) in [7, 11) is 0. The molecule has 1 amide bonds. The molecule has 0 radical (unpaired) electrons. The SMILES string of the molecule is Cc1ccc(Cl)cc1NC(=O)c1ccnc(Nc2ccc(Cl)cc2C)n1. The van der Waals surface area contributed by atoms with Gasteiger partial charge in [-0.25, -0.2) is 9.97 Å². The lowest BCUT2D eigenvalue weighted by molar-refractivity contribution is 0.102. The minimum absolute atomic E-state index is 0.244. The van der Waals surface area contributed by atoms with Gasteiger partial charge in [0.25, 0.3) is 5.91 Å². The monoisotopic (exact) mass is 386 g/mol. The number of nitrogens with one attached hydrogen (secondary N) is 2. The number of aryl methyl sites for hydroxylation is 2. The first-order valence-corrected chi connectivity index (χ1v) is 8.62. The molecular weight excluding hydrogens is 371 g/mol. The molecule has 2 N–H and O–H groups in total. The molecule has 0 unspecified atom stereocenters. The van der Waals surface area contributed by atoms with E-state index in [2.05, 4.69) is 20.6 Å². The summed E-state index contributed by atoms with van der Waals surface area (Å²) in [6.07, 6.45) is 1.53. The van der Waals surface area contributed by atoms with Crippen LogP contribution in [0.1, 0.15) is 21.6 Å². The van der Waals surface area contributed by atoms with Gasteiger partial charge in [0, 0.05) is 27.6 Å². The van der Waals surface area contributed by atoms with Crippen LogP contribution < -0.4 is 10.6 Å². The third-order valence-corrected chi connectivity index (χ3v) is 4.24. The molecule has 0 aliphatic carbocycles. The van der Waals surface area contributed by atoms with E-state index in [1.807, 2.05) is 32.0 Å². The highest BCUT2D eigenvalue weighted by atomic mass is 35.5. The van der Waals surface area contributed by atoms with E-state index in [1.54, 1.807) is 24.3 Å². The molecule has 2 aromatic carbocycles. The molecule has 1 heterocycles. The minimum atomic E-state index is -0.339. The molecule has 0 fully saturated rings. The van der Waals surface area contributed by atoms with Gasteiger partial charge in [-0.05, 0) is 61.4 Å². The van der Waals surface area contributed by atoms with Crippen LogP contribution in [0, 0.1) is 13.8 Å². The molecule has 7 heteroatoms. The summed E-state index contributed by atoms with van der Waals surface area (Å²) in [5, 5.41) is 7.12. The van der Waals surface area contributed by atoms with Gasteiger partial charge in [-0.15, -0.1) is 0 Å². The molecule has 3 rings (SSSR count). The van der Waals surface area contributed by atoms with Crippen molar-refractivity contribution < 1.29 is 4.79 Å². The van der Waals surface area contributed by atoms with Gasteiger partial charge in [-0.2, -0.15) is 0 Å². The summed E-state index contributed by atoms with van der Waals surface area (Å²) in [5.41, 5.74) is 3.56. The van der Waals surface area contributed by atoms with Gasteiger partial charge in [0.15, 0.2) is 0 Å². The lowest BCUT2D eigenvalue weighted by atomic mass is 10.2. The number of nitrogens with zero attached hydrogens (tertiary/aromatic N) is 2. The van der Waals surface area contributed by atoms with E-state index in [-0.39, 0.29) is 11.6 Å². The van der Waals surface area contributed by atoms with Gasteiger partial charge < -0.3 is 10.6 Å². The van der Waals surface area contributed by atoms with Crippen molar-refractivity contribution in [2.75, 3.05) is 10.6 Å². The van der Waals surface area contributed by atoms with Gasteiger partial charge in [0.1, 0.15) is 5.69 Å². The number of halogens is 2. The molecule has 3 aromatic rings. The number of anilines is 3. The third kappa shape index (κ3) is 4.31. The van der Waals surface area contributed by atoms with Crippen LogP contribution in [0.25, 0.3) is 0 Å². The van der Waals surface area contributed by atoms with E-state index >= 15 is 0 Å². The Labute approximate surface area is 161 Å². The Balaban J connectivity index is 1.80. The van der Waals surface area contributed by atoms with Gasteiger partial charge in [0.2, 0.25) is 5.95 Å². The molecule has 5 nitrogen and oxygen atoms in total. The van der Waals surface area contributed by atoms with Crippen molar-refractivity contribution in [1.82, 2.24) is 9.97 Å². The van der Waals surface area contributed by atoms with Crippen LogP contribution in [0.4, 0.5) is 17.3 Å². The van der Waals surface area contributed by atoms with E-state index in [9.17, 15) is 4.79 Å². The second kappa shape index (κ2) is 7.72. The second-order valence-electron chi connectivity index (χ2n) is 5.76. The Morgan fingerprint density at radius 3 is 2.42 bits per heavy atom. The Morgan fingerprint density at radius 1 is 0.923 bits per heavy atom. The molecule has 0 aliphatic heterocycles. The maximum absolute atomic E-state index is 12.5. The van der Waals surface area contributed by atoms with Crippen molar-refractivity contribution >= 4 is 46.4 Å². The normalized spacial score (nSPS) is 10.5. The van der Waals surface area contributed by atoms with Crippen molar-refractivity contribution in [2.45, 2.75) is 13.8 Å². The molecular formula is C19H16Cl2N4O.